The van der Waals surface area contributed by atoms with Gasteiger partial charge >= 0.3 is 6.03 Å². The first-order chi connectivity index (χ1) is 17.7. The average Bonchev–Trinajstić information content (AvgIpc) is 3.51. The lowest BCUT2D eigenvalue weighted by atomic mass is 9.95. The van der Waals surface area contributed by atoms with E-state index in [1.807, 2.05) is 46.6 Å². The molecule has 0 radical (unpaired) electrons. The number of aromatic nitrogens is 1. The first-order valence-corrected chi connectivity index (χ1v) is 13.6. The third kappa shape index (κ3) is 3.90. The number of benzene rings is 2. The molecule has 0 unspecified atom stereocenters. The summed E-state index contributed by atoms with van der Waals surface area (Å²) in [4.78, 5) is 17.6. The SMILES string of the molecule is CCc1ccccc1NC(=O)N1Cc2c(sc3c2CCCC3)-n2cccc2[C@@H]1c1ccc(OC)cc1. The van der Waals surface area contributed by atoms with Gasteiger partial charge in [0.15, 0.2) is 0 Å². The molecule has 2 aromatic heterocycles. The third-order valence-corrected chi connectivity index (χ3v) is 8.84. The lowest BCUT2D eigenvalue weighted by Gasteiger charge is -2.32. The van der Waals surface area contributed by atoms with E-state index in [1.54, 1.807) is 7.11 Å². The number of hydrogen-bond donors (Lipinski definition) is 1. The van der Waals surface area contributed by atoms with Gasteiger partial charge in [-0.2, -0.15) is 0 Å². The number of nitrogens with one attached hydrogen (secondary N) is 1. The molecule has 0 saturated carbocycles. The highest BCUT2D eigenvalue weighted by Gasteiger charge is 2.36. The largest absolute Gasteiger partial charge is 0.497 e. The molecule has 3 heterocycles. The van der Waals surface area contributed by atoms with Crippen molar-refractivity contribution >= 4 is 23.1 Å². The summed E-state index contributed by atoms with van der Waals surface area (Å²) < 4.78 is 7.74. The Kier molecular flexibility index (Phi) is 6.05. The van der Waals surface area contributed by atoms with Gasteiger partial charge in [0.1, 0.15) is 10.8 Å². The van der Waals surface area contributed by atoms with Crippen LogP contribution in [0.2, 0.25) is 0 Å². The standard InChI is InChI=1S/C30H31N3O2S/c1-3-20-9-4-6-11-25(20)31-30(34)33-19-24-23-10-5-7-13-27(23)36-29(24)32-18-8-12-26(32)28(33)21-14-16-22(35-2)17-15-21/h4,6,8-9,11-12,14-18,28H,3,5,7,10,13,19H2,1-2H3,(H,31,34)/t28-/m0/s1. The minimum Gasteiger partial charge on any atom is -0.497 e. The van der Waals surface area contributed by atoms with Crippen LogP contribution in [0.25, 0.3) is 5.00 Å². The zero-order chi connectivity index (χ0) is 24.6. The molecule has 6 rings (SSSR count). The maximum atomic E-state index is 14.1. The number of anilines is 1. The monoisotopic (exact) mass is 497 g/mol. The van der Waals surface area contributed by atoms with Crippen molar-refractivity contribution in [2.75, 3.05) is 12.4 Å². The van der Waals surface area contributed by atoms with Crippen molar-refractivity contribution in [1.29, 1.82) is 0 Å². The highest BCUT2D eigenvalue weighted by molar-refractivity contribution is 7.15. The number of para-hydroxylation sites is 1. The van der Waals surface area contributed by atoms with Crippen LogP contribution in [-0.2, 0) is 25.8 Å². The summed E-state index contributed by atoms with van der Waals surface area (Å²) in [6, 6.07) is 20.2. The van der Waals surface area contributed by atoms with Crippen molar-refractivity contribution in [3.8, 4) is 10.8 Å². The Morgan fingerprint density at radius 2 is 1.83 bits per heavy atom. The Morgan fingerprint density at radius 3 is 2.64 bits per heavy atom. The van der Waals surface area contributed by atoms with Crippen LogP contribution in [0.15, 0.2) is 66.9 Å². The van der Waals surface area contributed by atoms with Crippen molar-refractivity contribution in [1.82, 2.24) is 9.47 Å². The maximum absolute atomic E-state index is 14.1. The van der Waals surface area contributed by atoms with Crippen molar-refractivity contribution in [2.24, 2.45) is 0 Å². The second kappa shape index (κ2) is 9.51. The second-order valence-corrected chi connectivity index (χ2v) is 10.6. The number of urea groups is 1. The topological polar surface area (TPSA) is 46.5 Å². The molecule has 0 fully saturated rings. The fourth-order valence-corrected chi connectivity index (χ4v) is 7.07. The molecular weight excluding hydrogens is 466 g/mol. The van der Waals surface area contributed by atoms with Crippen molar-refractivity contribution in [3.05, 3.63) is 99.7 Å². The van der Waals surface area contributed by atoms with Gasteiger partial charge in [-0.1, -0.05) is 37.3 Å². The lowest BCUT2D eigenvalue weighted by Crippen LogP contribution is -2.38. The van der Waals surface area contributed by atoms with Gasteiger partial charge in [-0.25, -0.2) is 4.79 Å². The quantitative estimate of drug-likeness (QED) is 0.326. The molecule has 5 nitrogen and oxygen atoms in total. The molecule has 36 heavy (non-hydrogen) atoms. The predicted molar refractivity (Wildman–Crippen MR) is 146 cm³/mol. The summed E-state index contributed by atoms with van der Waals surface area (Å²) in [6.07, 6.45) is 7.72. The third-order valence-electron chi connectivity index (χ3n) is 7.51. The van der Waals surface area contributed by atoms with E-state index in [0.29, 0.717) is 6.54 Å². The van der Waals surface area contributed by atoms with Gasteiger partial charge in [0.2, 0.25) is 0 Å². The van der Waals surface area contributed by atoms with Crippen LogP contribution in [-0.4, -0.2) is 22.6 Å². The normalized spacial score (nSPS) is 16.5. The van der Waals surface area contributed by atoms with Crippen molar-refractivity contribution in [3.63, 3.8) is 0 Å². The van der Waals surface area contributed by atoms with Crippen LogP contribution >= 0.6 is 11.3 Å². The van der Waals surface area contributed by atoms with Gasteiger partial charge in [0.05, 0.1) is 25.4 Å². The molecule has 4 aromatic rings. The fourth-order valence-electron chi connectivity index (χ4n) is 5.66. The predicted octanol–water partition coefficient (Wildman–Crippen LogP) is 7.13. The molecule has 1 aliphatic heterocycles. The Bertz CT molecular complexity index is 1400. The first kappa shape index (κ1) is 22.9. The molecule has 2 amide bonds. The summed E-state index contributed by atoms with van der Waals surface area (Å²) >= 11 is 1.91. The van der Waals surface area contributed by atoms with Gasteiger partial charge in [0.25, 0.3) is 0 Å². The summed E-state index contributed by atoms with van der Waals surface area (Å²) in [7, 11) is 1.68. The van der Waals surface area contributed by atoms with E-state index in [0.717, 1.165) is 47.5 Å². The average molecular weight is 498 g/mol. The molecular formula is C30H31N3O2S. The fraction of sp³-hybridized carbons (Fsp3) is 0.300. The Labute approximate surface area is 216 Å². The highest BCUT2D eigenvalue weighted by atomic mass is 32.1. The Balaban J connectivity index is 1.49. The van der Waals surface area contributed by atoms with Crippen LogP contribution in [0.3, 0.4) is 0 Å². The van der Waals surface area contributed by atoms with Gasteiger partial charge in [-0.3, -0.25) is 0 Å². The molecule has 2 aromatic carbocycles. The summed E-state index contributed by atoms with van der Waals surface area (Å²) in [5, 5.41) is 4.53. The molecule has 184 valence electrons. The molecule has 0 saturated heterocycles. The Hall–Kier alpha value is -3.51. The number of hydrogen-bond acceptors (Lipinski definition) is 3. The van der Waals surface area contributed by atoms with Crippen LogP contribution in [0, 0.1) is 0 Å². The van der Waals surface area contributed by atoms with E-state index in [1.165, 1.54) is 33.8 Å². The van der Waals surface area contributed by atoms with E-state index in [4.69, 9.17) is 4.74 Å². The molecule has 0 bridgehead atoms. The number of ether oxygens (including phenoxy) is 1. The highest BCUT2D eigenvalue weighted by Crippen LogP contribution is 2.44. The summed E-state index contributed by atoms with van der Waals surface area (Å²) in [5.41, 5.74) is 6.96. The minimum atomic E-state index is -0.224. The number of aryl methyl sites for hydroxylation is 2. The van der Waals surface area contributed by atoms with Crippen molar-refractivity contribution in [2.45, 2.75) is 51.6 Å². The first-order valence-electron chi connectivity index (χ1n) is 12.8. The number of thiophene rings is 1. The minimum absolute atomic E-state index is 0.0759. The number of fused-ring (bicyclic) bond motifs is 5. The number of carbonyl (C=O) groups excluding carboxylic acids is 1. The Morgan fingerprint density at radius 1 is 1.03 bits per heavy atom. The van der Waals surface area contributed by atoms with E-state index >= 15 is 0 Å². The van der Waals surface area contributed by atoms with E-state index in [9.17, 15) is 4.79 Å². The maximum Gasteiger partial charge on any atom is 0.322 e. The number of carbonyl (C=O) groups is 1. The lowest BCUT2D eigenvalue weighted by molar-refractivity contribution is 0.194. The van der Waals surface area contributed by atoms with Gasteiger partial charge < -0.3 is 19.5 Å². The molecule has 1 aliphatic carbocycles. The summed E-state index contributed by atoms with van der Waals surface area (Å²) in [5.74, 6) is 0.809. The van der Waals surface area contributed by atoms with Crippen molar-refractivity contribution < 1.29 is 9.53 Å². The smallest absolute Gasteiger partial charge is 0.322 e. The number of methoxy groups -OCH3 is 1. The van der Waals surface area contributed by atoms with Crippen LogP contribution in [0.1, 0.15) is 58.6 Å². The van der Waals surface area contributed by atoms with Gasteiger partial charge in [-0.05, 0) is 79.1 Å². The van der Waals surface area contributed by atoms with Gasteiger partial charge in [-0.15, -0.1) is 11.3 Å². The zero-order valence-electron chi connectivity index (χ0n) is 20.8. The van der Waals surface area contributed by atoms with Crippen LogP contribution < -0.4 is 10.1 Å². The van der Waals surface area contributed by atoms with E-state index < -0.39 is 0 Å². The zero-order valence-corrected chi connectivity index (χ0v) is 21.6. The van der Waals surface area contributed by atoms with Crippen LogP contribution in [0.4, 0.5) is 10.5 Å². The van der Waals surface area contributed by atoms with Crippen LogP contribution in [0.5, 0.6) is 5.75 Å². The number of amides is 2. The molecule has 1 N–H and O–H groups in total. The summed E-state index contributed by atoms with van der Waals surface area (Å²) in [6.45, 7) is 2.70. The van der Waals surface area contributed by atoms with E-state index in [2.05, 4.69) is 53.3 Å². The molecule has 0 spiro atoms. The van der Waals surface area contributed by atoms with E-state index in [-0.39, 0.29) is 12.1 Å². The molecule has 6 heteroatoms. The molecule has 1 atom stereocenters. The second-order valence-electron chi connectivity index (χ2n) is 9.54. The number of nitrogens with zero attached hydrogens (tertiary/aromatic N) is 2. The molecule has 2 aliphatic rings. The number of rotatable bonds is 4. The van der Waals surface area contributed by atoms with Gasteiger partial charge in [0, 0.05) is 22.3 Å².